The summed E-state index contributed by atoms with van der Waals surface area (Å²) in [5.74, 6) is 0. The fourth-order valence-electron chi connectivity index (χ4n) is 2.01. The highest BCUT2D eigenvalue weighted by molar-refractivity contribution is 9.10. The molecule has 5 heteroatoms. The molecule has 0 spiro atoms. The number of nitrogens with one attached hydrogen (secondary N) is 1. The average molecular weight is 388 g/mol. The zero-order chi connectivity index (χ0) is 15.6. The average Bonchev–Trinajstić information content (AvgIpc) is 2.89. The van der Waals surface area contributed by atoms with E-state index in [0.29, 0.717) is 0 Å². The first-order valence-electron chi connectivity index (χ1n) is 6.97. The molecular formula is C16H20BrClN2S. The van der Waals surface area contributed by atoms with Crippen LogP contribution >= 0.6 is 38.9 Å². The minimum absolute atomic E-state index is 0.0723. The second-order valence-electron chi connectivity index (χ2n) is 5.99. The molecule has 1 N–H and O–H groups in total. The quantitative estimate of drug-likeness (QED) is 0.743. The molecule has 0 aliphatic carbocycles. The van der Waals surface area contributed by atoms with Crippen LogP contribution in [-0.4, -0.2) is 11.5 Å². The molecule has 0 fully saturated rings. The Labute approximate surface area is 144 Å². The summed E-state index contributed by atoms with van der Waals surface area (Å²) in [6.07, 6.45) is 0. The number of nitrogens with zero attached hydrogens (tertiary/aromatic N) is 1. The Kier molecular flexibility index (Phi) is 5.47. The van der Waals surface area contributed by atoms with E-state index in [0.717, 1.165) is 32.3 Å². The van der Waals surface area contributed by atoms with Crippen LogP contribution in [0.25, 0.3) is 0 Å². The number of benzene rings is 1. The molecule has 0 saturated heterocycles. The Bertz CT molecular complexity index is 619. The zero-order valence-corrected chi connectivity index (χ0v) is 15.9. The monoisotopic (exact) mass is 386 g/mol. The maximum atomic E-state index is 6.23. The molecule has 1 unspecified atom stereocenters. The number of hydrogen-bond donors (Lipinski definition) is 1. The first kappa shape index (κ1) is 16.9. The van der Waals surface area contributed by atoms with E-state index in [1.807, 2.05) is 12.1 Å². The lowest BCUT2D eigenvalue weighted by Crippen LogP contribution is -2.22. The van der Waals surface area contributed by atoms with Crippen LogP contribution < -0.4 is 5.32 Å². The molecule has 0 bridgehead atoms. The summed E-state index contributed by atoms with van der Waals surface area (Å²) in [7, 11) is 0. The first-order chi connectivity index (χ1) is 9.82. The third kappa shape index (κ3) is 4.07. The third-order valence-electron chi connectivity index (χ3n) is 3.22. The number of halogens is 2. The molecule has 2 nitrogen and oxygen atoms in total. The lowest BCUT2D eigenvalue weighted by atomic mass is 9.93. The molecule has 0 aliphatic rings. The van der Waals surface area contributed by atoms with E-state index < -0.39 is 0 Å². The van der Waals surface area contributed by atoms with Gasteiger partial charge in [0.2, 0.25) is 0 Å². The molecule has 0 saturated carbocycles. The minimum atomic E-state index is 0.0723. The van der Waals surface area contributed by atoms with Crippen LogP contribution in [0.4, 0.5) is 0 Å². The van der Waals surface area contributed by atoms with Crippen LogP contribution in [0.1, 0.15) is 50.0 Å². The molecule has 0 radical (unpaired) electrons. The van der Waals surface area contributed by atoms with E-state index in [2.05, 4.69) is 60.4 Å². The fraction of sp³-hybridized carbons (Fsp3) is 0.438. The van der Waals surface area contributed by atoms with Crippen molar-refractivity contribution >= 4 is 38.9 Å². The highest BCUT2D eigenvalue weighted by Gasteiger charge is 2.22. The Morgan fingerprint density at radius 3 is 2.62 bits per heavy atom. The van der Waals surface area contributed by atoms with E-state index >= 15 is 0 Å². The molecule has 0 aliphatic heterocycles. The number of thiazole rings is 1. The Balaban J connectivity index is 2.38. The summed E-state index contributed by atoms with van der Waals surface area (Å²) < 4.78 is 0.915. The molecular weight excluding hydrogens is 368 g/mol. The van der Waals surface area contributed by atoms with Crippen molar-refractivity contribution < 1.29 is 0 Å². The molecule has 1 aromatic carbocycles. The van der Waals surface area contributed by atoms with E-state index in [9.17, 15) is 0 Å². The smallest absolute Gasteiger partial charge is 0.114 e. The molecule has 2 aromatic rings. The van der Waals surface area contributed by atoms with E-state index in [-0.39, 0.29) is 11.5 Å². The van der Waals surface area contributed by atoms with Gasteiger partial charge in [0, 0.05) is 15.3 Å². The van der Waals surface area contributed by atoms with Gasteiger partial charge in [-0.3, -0.25) is 0 Å². The summed E-state index contributed by atoms with van der Waals surface area (Å²) in [5, 5.41) is 7.46. The Morgan fingerprint density at radius 2 is 2.10 bits per heavy atom. The lowest BCUT2D eigenvalue weighted by molar-refractivity contribution is 0.562. The molecule has 21 heavy (non-hydrogen) atoms. The van der Waals surface area contributed by atoms with Crippen molar-refractivity contribution in [1.82, 2.24) is 10.3 Å². The fourth-order valence-corrected chi connectivity index (χ4v) is 3.59. The van der Waals surface area contributed by atoms with Crippen LogP contribution in [-0.2, 0) is 5.41 Å². The molecule has 114 valence electrons. The van der Waals surface area contributed by atoms with Crippen LogP contribution in [0.2, 0.25) is 5.02 Å². The van der Waals surface area contributed by atoms with Gasteiger partial charge in [-0.25, -0.2) is 4.98 Å². The summed E-state index contributed by atoms with van der Waals surface area (Å²) in [4.78, 5) is 4.83. The predicted octanol–water partition coefficient (Wildman–Crippen LogP) is 5.56. The normalized spacial score (nSPS) is 13.4. The number of hydrogen-bond acceptors (Lipinski definition) is 3. The topological polar surface area (TPSA) is 24.9 Å². The van der Waals surface area contributed by atoms with Crippen LogP contribution in [0.15, 0.2) is 28.1 Å². The zero-order valence-electron chi connectivity index (χ0n) is 12.7. The second-order valence-corrected chi connectivity index (χ2v) is 8.14. The highest BCUT2D eigenvalue weighted by Crippen LogP contribution is 2.32. The first-order valence-corrected chi connectivity index (χ1v) is 9.02. The largest absolute Gasteiger partial charge is 0.305 e. The van der Waals surface area contributed by atoms with Crippen LogP contribution in [0.5, 0.6) is 0 Å². The van der Waals surface area contributed by atoms with Gasteiger partial charge in [-0.2, -0.15) is 0 Å². The molecule has 1 atom stereocenters. The van der Waals surface area contributed by atoms with Gasteiger partial charge < -0.3 is 5.32 Å². The lowest BCUT2D eigenvalue weighted by Gasteiger charge is -2.18. The van der Waals surface area contributed by atoms with Gasteiger partial charge in [0.05, 0.1) is 16.8 Å². The molecule has 1 heterocycles. The minimum Gasteiger partial charge on any atom is -0.305 e. The SMILES string of the molecule is CCNC(c1ccc(Br)c(Cl)c1)c1nc(C(C)(C)C)cs1. The van der Waals surface area contributed by atoms with Crippen molar-refractivity contribution in [2.75, 3.05) is 6.54 Å². The Morgan fingerprint density at radius 1 is 1.38 bits per heavy atom. The number of aromatic nitrogens is 1. The summed E-state index contributed by atoms with van der Waals surface area (Å²) in [6.45, 7) is 9.54. The highest BCUT2D eigenvalue weighted by atomic mass is 79.9. The van der Waals surface area contributed by atoms with Crippen molar-refractivity contribution in [1.29, 1.82) is 0 Å². The van der Waals surface area contributed by atoms with Gasteiger partial charge in [-0.15, -0.1) is 11.3 Å². The van der Waals surface area contributed by atoms with Gasteiger partial charge in [-0.05, 0) is 40.2 Å². The Hall–Kier alpha value is -0.420. The summed E-state index contributed by atoms with van der Waals surface area (Å²) in [5.41, 5.74) is 2.34. The molecule has 2 rings (SSSR count). The van der Waals surface area contributed by atoms with Gasteiger partial charge in [0.15, 0.2) is 0 Å². The van der Waals surface area contributed by atoms with E-state index in [4.69, 9.17) is 16.6 Å². The predicted molar refractivity (Wildman–Crippen MR) is 95.5 cm³/mol. The molecule has 0 amide bonds. The van der Waals surface area contributed by atoms with Gasteiger partial charge >= 0.3 is 0 Å². The van der Waals surface area contributed by atoms with E-state index in [1.54, 1.807) is 11.3 Å². The van der Waals surface area contributed by atoms with Crippen LogP contribution in [0, 0.1) is 0 Å². The maximum Gasteiger partial charge on any atom is 0.114 e. The standard InChI is InChI=1S/C16H20BrClN2S/c1-5-19-14(10-6-7-11(17)12(18)8-10)15-20-13(9-21-15)16(2,3)4/h6-9,14,19H,5H2,1-4H3. The molecule has 1 aromatic heterocycles. The van der Waals surface area contributed by atoms with Gasteiger partial charge in [-0.1, -0.05) is 45.4 Å². The van der Waals surface area contributed by atoms with Gasteiger partial charge in [0.1, 0.15) is 5.01 Å². The van der Waals surface area contributed by atoms with Crippen molar-refractivity contribution in [2.24, 2.45) is 0 Å². The summed E-state index contributed by atoms with van der Waals surface area (Å²) in [6, 6.07) is 6.15. The van der Waals surface area contributed by atoms with Crippen molar-refractivity contribution in [3.63, 3.8) is 0 Å². The van der Waals surface area contributed by atoms with Gasteiger partial charge in [0.25, 0.3) is 0 Å². The van der Waals surface area contributed by atoms with Crippen molar-refractivity contribution in [3.8, 4) is 0 Å². The number of rotatable bonds is 4. The third-order valence-corrected chi connectivity index (χ3v) is 5.36. The van der Waals surface area contributed by atoms with Crippen molar-refractivity contribution in [2.45, 2.75) is 39.2 Å². The summed E-state index contributed by atoms with van der Waals surface area (Å²) >= 11 is 11.4. The maximum absolute atomic E-state index is 6.23. The van der Waals surface area contributed by atoms with Crippen molar-refractivity contribution in [3.05, 3.63) is 49.3 Å². The second kappa shape index (κ2) is 6.78. The van der Waals surface area contributed by atoms with E-state index in [1.165, 1.54) is 0 Å². The van der Waals surface area contributed by atoms with Crippen LogP contribution in [0.3, 0.4) is 0 Å².